The predicted octanol–water partition coefficient (Wildman–Crippen LogP) is 4.06. The van der Waals surface area contributed by atoms with Crippen LogP contribution in [0.2, 0.25) is 0 Å². The SMILES string of the molecule is COc1ccc(C(=O)NN(Cc2ccccc2)c2ccccc2)c(OC)c1. The Morgan fingerprint density at radius 3 is 2.19 bits per heavy atom. The van der Waals surface area contributed by atoms with Crippen LogP contribution in [0.1, 0.15) is 15.9 Å². The van der Waals surface area contributed by atoms with E-state index in [1.54, 1.807) is 25.3 Å². The van der Waals surface area contributed by atoms with Crippen LogP contribution >= 0.6 is 0 Å². The Morgan fingerprint density at radius 1 is 0.889 bits per heavy atom. The van der Waals surface area contributed by atoms with Gasteiger partial charge >= 0.3 is 0 Å². The molecule has 0 saturated carbocycles. The quantitative estimate of drug-likeness (QED) is 0.644. The maximum atomic E-state index is 12.9. The van der Waals surface area contributed by atoms with Crippen molar-refractivity contribution >= 4 is 11.6 Å². The molecule has 3 aromatic carbocycles. The maximum absolute atomic E-state index is 12.9. The van der Waals surface area contributed by atoms with Gasteiger partial charge in [0.25, 0.3) is 5.91 Å². The van der Waals surface area contributed by atoms with E-state index in [0.29, 0.717) is 23.6 Å². The molecule has 0 aliphatic heterocycles. The van der Waals surface area contributed by atoms with Gasteiger partial charge in [0.2, 0.25) is 0 Å². The highest BCUT2D eigenvalue weighted by Gasteiger charge is 2.17. The summed E-state index contributed by atoms with van der Waals surface area (Å²) in [6, 6.07) is 24.8. The fourth-order valence-corrected chi connectivity index (χ4v) is 2.74. The number of hydrazine groups is 1. The highest BCUT2D eigenvalue weighted by atomic mass is 16.5. The van der Waals surface area contributed by atoms with Crippen LogP contribution in [0, 0.1) is 0 Å². The van der Waals surface area contributed by atoms with Crippen molar-refractivity contribution in [3.63, 3.8) is 0 Å². The van der Waals surface area contributed by atoms with E-state index in [-0.39, 0.29) is 5.91 Å². The van der Waals surface area contributed by atoms with Gasteiger partial charge in [-0.15, -0.1) is 0 Å². The van der Waals surface area contributed by atoms with Gasteiger partial charge in [-0.3, -0.25) is 15.2 Å². The van der Waals surface area contributed by atoms with Crippen molar-refractivity contribution in [2.75, 3.05) is 19.2 Å². The Balaban J connectivity index is 1.86. The number of hydrogen-bond acceptors (Lipinski definition) is 4. The summed E-state index contributed by atoms with van der Waals surface area (Å²) in [5, 5.41) is 1.82. The zero-order chi connectivity index (χ0) is 19.1. The third-order valence-electron chi connectivity index (χ3n) is 4.14. The highest BCUT2D eigenvalue weighted by molar-refractivity contribution is 5.98. The van der Waals surface area contributed by atoms with E-state index < -0.39 is 0 Å². The molecule has 0 atom stereocenters. The molecule has 3 rings (SSSR count). The molecule has 5 nitrogen and oxygen atoms in total. The second kappa shape index (κ2) is 8.76. The smallest absolute Gasteiger partial charge is 0.273 e. The number of para-hydroxylation sites is 1. The summed E-state index contributed by atoms with van der Waals surface area (Å²) in [4.78, 5) is 12.9. The van der Waals surface area contributed by atoms with Gasteiger partial charge in [-0.05, 0) is 29.8 Å². The van der Waals surface area contributed by atoms with E-state index in [2.05, 4.69) is 5.43 Å². The van der Waals surface area contributed by atoms with E-state index in [9.17, 15) is 4.79 Å². The van der Waals surface area contributed by atoms with Gasteiger partial charge < -0.3 is 9.47 Å². The zero-order valence-electron chi connectivity index (χ0n) is 15.4. The van der Waals surface area contributed by atoms with E-state index in [0.717, 1.165) is 11.3 Å². The summed E-state index contributed by atoms with van der Waals surface area (Å²) in [6.45, 7) is 0.537. The number of benzene rings is 3. The average molecular weight is 362 g/mol. The molecule has 0 bridgehead atoms. The van der Waals surface area contributed by atoms with Crippen molar-refractivity contribution in [2.45, 2.75) is 6.54 Å². The predicted molar refractivity (Wildman–Crippen MR) is 106 cm³/mol. The standard InChI is InChI=1S/C22H22N2O3/c1-26-19-13-14-20(21(15-19)27-2)22(25)23-24(18-11-7-4-8-12-18)16-17-9-5-3-6-10-17/h3-15H,16H2,1-2H3,(H,23,25). The van der Waals surface area contributed by atoms with E-state index in [4.69, 9.17) is 9.47 Å². The Morgan fingerprint density at radius 2 is 1.56 bits per heavy atom. The monoisotopic (exact) mass is 362 g/mol. The topological polar surface area (TPSA) is 50.8 Å². The van der Waals surface area contributed by atoms with Crippen LogP contribution in [0.5, 0.6) is 11.5 Å². The molecule has 3 aromatic rings. The van der Waals surface area contributed by atoms with Crippen LogP contribution in [0.15, 0.2) is 78.9 Å². The fourth-order valence-electron chi connectivity index (χ4n) is 2.74. The third-order valence-corrected chi connectivity index (χ3v) is 4.14. The van der Waals surface area contributed by atoms with Gasteiger partial charge in [0.15, 0.2) is 0 Å². The number of carbonyl (C=O) groups is 1. The minimum absolute atomic E-state index is 0.255. The van der Waals surface area contributed by atoms with Crippen LogP contribution in [-0.4, -0.2) is 20.1 Å². The molecule has 0 radical (unpaired) electrons. The Kier molecular flexibility index (Phi) is 5.94. The Bertz CT molecular complexity index is 883. The van der Waals surface area contributed by atoms with Crippen LogP contribution in [0.4, 0.5) is 5.69 Å². The number of anilines is 1. The maximum Gasteiger partial charge on any atom is 0.273 e. The summed E-state index contributed by atoms with van der Waals surface area (Å²) < 4.78 is 10.6. The van der Waals surface area contributed by atoms with Crippen LogP contribution in [0.25, 0.3) is 0 Å². The van der Waals surface area contributed by atoms with Gasteiger partial charge in [-0.2, -0.15) is 0 Å². The molecule has 0 aromatic heterocycles. The molecule has 0 saturated heterocycles. The molecule has 0 aliphatic carbocycles. The molecule has 0 unspecified atom stereocenters. The van der Waals surface area contributed by atoms with E-state index in [1.807, 2.05) is 65.7 Å². The number of nitrogens with zero attached hydrogens (tertiary/aromatic N) is 1. The van der Waals surface area contributed by atoms with Crippen LogP contribution in [0.3, 0.4) is 0 Å². The molecule has 0 fully saturated rings. The number of hydrogen-bond donors (Lipinski definition) is 1. The van der Waals surface area contributed by atoms with Gasteiger partial charge in [-0.1, -0.05) is 48.5 Å². The molecule has 27 heavy (non-hydrogen) atoms. The second-order valence-electron chi connectivity index (χ2n) is 5.91. The molecule has 1 N–H and O–H groups in total. The minimum Gasteiger partial charge on any atom is -0.497 e. The van der Waals surface area contributed by atoms with E-state index in [1.165, 1.54) is 7.11 Å². The molecule has 0 heterocycles. The van der Waals surface area contributed by atoms with Crippen molar-refractivity contribution in [1.29, 1.82) is 0 Å². The molecule has 0 spiro atoms. The largest absolute Gasteiger partial charge is 0.497 e. The molecule has 138 valence electrons. The van der Waals surface area contributed by atoms with Gasteiger partial charge in [-0.25, -0.2) is 0 Å². The fraction of sp³-hybridized carbons (Fsp3) is 0.136. The van der Waals surface area contributed by atoms with Crippen molar-refractivity contribution in [2.24, 2.45) is 0 Å². The molecular formula is C22H22N2O3. The number of amides is 1. The lowest BCUT2D eigenvalue weighted by molar-refractivity contribution is 0.0945. The number of ether oxygens (including phenoxy) is 2. The van der Waals surface area contributed by atoms with Crippen LogP contribution in [-0.2, 0) is 6.54 Å². The number of carbonyl (C=O) groups excluding carboxylic acids is 1. The van der Waals surface area contributed by atoms with Crippen molar-refractivity contribution in [3.8, 4) is 11.5 Å². The summed E-state index contributed by atoms with van der Waals surface area (Å²) in [5.41, 5.74) is 5.40. The Labute approximate surface area is 159 Å². The Hall–Kier alpha value is -3.47. The zero-order valence-corrected chi connectivity index (χ0v) is 15.4. The lowest BCUT2D eigenvalue weighted by Gasteiger charge is -2.26. The van der Waals surface area contributed by atoms with Crippen molar-refractivity contribution in [1.82, 2.24) is 5.43 Å². The lowest BCUT2D eigenvalue weighted by Crippen LogP contribution is -2.42. The van der Waals surface area contributed by atoms with Crippen molar-refractivity contribution in [3.05, 3.63) is 90.0 Å². The first kappa shape index (κ1) is 18.3. The minimum atomic E-state index is -0.255. The molecule has 5 heteroatoms. The number of rotatable bonds is 7. The molecular weight excluding hydrogens is 340 g/mol. The summed E-state index contributed by atoms with van der Waals surface area (Å²) in [6.07, 6.45) is 0. The normalized spacial score (nSPS) is 10.1. The summed E-state index contributed by atoms with van der Waals surface area (Å²) >= 11 is 0. The van der Waals surface area contributed by atoms with Gasteiger partial charge in [0.1, 0.15) is 11.5 Å². The first-order chi connectivity index (χ1) is 13.2. The number of nitrogens with one attached hydrogen (secondary N) is 1. The number of methoxy groups -OCH3 is 2. The first-order valence-electron chi connectivity index (χ1n) is 8.61. The molecule has 0 aliphatic rings. The first-order valence-corrected chi connectivity index (χ1v) is 8.61. The van der Waals surface area contributed by atoms with Gasteiger partial charge in [0, 0.05) is 6.07 Å². The van der Waals surface area contributed by atoms with Gasteiger partial charge in [0.05, 0.1) is 32.0 Å². The second-order valence-corrected chi connectivity index (χ2v) is 5.91. The summed E-state index contributed by atoms with van der Waals surface area (Å²) in [7, 11) is 3.11. The van der Waals surface area contributed by atoms with E-state index >= 15 is 0 Å². The van der Waals surface area contributed by atoms with Crippen molar-refractivity contribution < 1.29 is 14.3 Å². The molecule has 1 amide bonds. The average Bonchev–Trinajstić information content (AvgIpc) is 2.74. The summed E-state index contributed by atoms with van der Waals surface area (Å²) in [5.74, 6) is 0.835. The highest BCUT2D eigenvalue weighted by Crippen LogP contribution is 2.25. The third kappa shape index (κ3) is 4.58. The lowest BCUT2D eigenvalue weighted by atomic mass is 10.1. The van der Waals surface area contributed by atoms with Crippen LogP contribution < -0.4 is 19.9 Å².